The lowest BCUT2D eigenvalue weighted by atomic mass is 9.98. The minimum atomic E-state index is -0.0109. The zero-order valence-corrected chi connectivity index (χ0v) is 16.4. The van der Waals surface area contributed by atoms with E-state index in [4.69, 9.17) is 5.26 Å². The summed E-state index contributed by atoms with van der Waals surface area (Å²) in [7, 11) is 0. The van der Waals surface area contributed by atoms with E-state index in [1.165, 1.54) is 15.3 Å². The number of amides is 1. The first kappa shape index (κ1) is 17.9. The third-order valence-electron chi connectivity index (χ3n) is 4.75. The molecule has 1 aliphatic heterocycles. The van der Waals surface area contributed by atoms with Crippen LogP contribution in [0.25, 0.3) is 0 Å². The van der Waals surface area contributed by atoms with Gasteiger partial charge in [-0.05, 0) is 52.6 Å². The molecule has 0 spiro atoms. The highest BCUT2D eigenvalue weighted by atomic mass is 32.1. The van der Waals surface area contributed by atoms with Gasteiger partial charge in [0.05, 0.1) is 25.1 Å². The number of anilines is 1. The van der Waals surface area contributed by atoms with Crippen LogP contribution >= 0.6 is 22.7 Å². The van der Waals surface area contributed by atoms with Crippen molar-refractivity contribution in [2.24, 2.45) is 0 Å². The van der Waals surface area contributed by atoms with Gasteiger partial charge in [0.1, 0.15) is 0 Å². The molecule has 0 radical (unpaired) electrons. The number of thiophene rings is 2. The molecule has 0 aliphatic carbocycles. The first-order valence-corrected chi connectivity index (χ1v) is 10.6. The predicted octanol–water partition coefficient (Wildman–Crippen LogP) is 4.46. The lowest BCUT2D eigenvalue weighted by molar-refractivity contribution is -0.117. The molecule has 0 fully saturated rings. The summed E-state index contributed by atoms with van der Waals surface area (Å²) >= 11 is 3.55. The number of hydrogen-bond donors (Lipinski definition) is 1. The number of carbonyl (C=O) groups is 1. The van der Waals surface area contributed by atoms with Crippen molar-refractivity contribution in [1.82, 2.24) is 4.90 Å². The number of carbonyl (C=O) groups excluding carboxylic acids is 1. The fourth-order valence-electron chi connectivity index (χ4n) is 3.50. The molecule has 1 aliphatic rings. The largest absolute Gasteiger partial charge is 0.325 e. The normalized spacial score (nSPS) is 16.5. The number of nitriles is 1. The summed E-state index contributed by atoms with van der Waals surface area (Å²) < 4.78 is 0. The van der Waals surface area contributed by atoms with Crippen LogP contribution in [0.5, 0.6) is 0 Å². The minimum Gasteiger partial charge on any atom is -0.325 e. The summed E-state index contributed by atoms with van der Waals surface area (Å²) in [6.07, 6.45) is 1.37. The summed E-state index contributed by atoms with van der Waals surface area (Å²) in [5, 5.41) is 16.0. The third kappa shape index (κ3) is 3.96. The van der Waals surface area contributed by atoms with E-state index < -0.39 is 0 Å². The first-order valence-electron chi connectivity index (χ1n) is 8.84. The molecule has 0 unspecified atom stereocenters. The number of hydrogen-bond acceptors (Lipinski definition) is 5. The molecule has 1 amide bonds. The Balaban J connectivity index is 1.48. The molecule has 3 heterocycles. The summed E-state index contributed by atoms with van der Waals surface area (Å²) in [5.41, 5.74) is 3.05. The van der Waals surface area contributed by atoms with Crippen LogP contribution in [0.15, 0.2) is 53.2 Å². The highest BCUT2D eigenvalue weighted by Crippen LogP contribution is 2.39. The number of rotatable bonds is 5. The van der Waals surface area contributed by atoms with Crippen molar-refractivity contribution in [2.45, 2.75) is 18.9 Å². The Bertz CT molecular complexity index is 954. The van der Waals surface area contributed by atoms with Gasteiger partial charge >= 0.3 is 0 Å². The van der Waals surface area contributed by atoms with E-state index in [-0.39, 0.29) is 11.9 Å². The molecule has 3 aromatic rings. The Kier molecular flexibility index (Phi) is 5.35. The number of nitrogens with zero attached hydrogens (tertiary/aromatic N) is 2. The van der Waals surface area contributed by atoms with E-state index in [0.29, 0.717) is 13.0 Å². The molecule has 0 bridgehead atoms. The van der Waals surface area contributed by atoms with Crippen molar-refractivity contribution in [1.29, 1.82) is 5.26 Å². The van der Waals surface area contributed by atoms with Gasteiger partial charge in [0.2, 0.25) is 5.91 Å². The molecule has 1 N–H and O–H groups in total. The second kappa shape index (κ2) is 8.05. The molecule has 27 heavy (non-hydrogen) atoms. The zero-order chi connectivity index (χ0) is 18.6. The second-order valence-electron chi connectivity index (χ2n) is 6.52. The topological polar surface area (TPSA) is 56.1 Å². The van der Waals surface area contributed by atoms with Crippen LogP contribution in [-0.2, 0) is 17.6 Å². The molecule has 0 saturated carbocycles. The van der Waals surface area contributed by atoms with Crippen LogP contribution in [0.1, 0.15) is 26.9 Å². The van der Waals surface area contributed by atoms with E-state index in [2.05, 4.69) is 45.2 Å². The van der Waals surface area contributed by atoms with Crippen LogP contribution in [-0.4, -0.2) is 23.9 Å². The number of nitrogens with one attached hydrogen (secondary N) is 1. The smallest absolute Gasteiger partial charge is 0.238 e. The van der Waals surface area contributed by atoms with E-state index in [9.17, 15) is 4.79 Å². The van der Waals surface area contributed by atoms with E-state index in [1.807, 2.05) is 35.6 Å². The molecule has 1 aromatic carbocycles. The minimum absolute atomic E-state index is 0.0109. The molecular formula is C21H19N3OS2. The van der Waals surface area contributed by atoms with Gasteiger partial charge in [-0.25, -0.2) is 0 Å². The average molecular weight is 394 g/mol. The maximum absolute atomic E-state index is 12.7. The lowest BCUT2D eigenvalue weighted by Gasteiger charge is -2.34. The molecular weight excluding hydrogens is 374 g/mol. The van der Waals surface area contributed by atoms with Crippen molar-refractivity contribution in [3.05, 3.63) is 74.1 Å². The highest BCUT2D eigenvalue weighted by Gasteiger charge is 2.31. The standard InChI is InChI=1S/C21H19N3OS2/c22-10-7-15-3-5-16(6-4-15)23-20(25)14-24-11-8-18-17(9-13-27-18)21(24)19-2-1-12-26-19/h1-6,9,12-13,21H,7-8,11,14H2,(H,23,25)/t21-/m0/s1. The maximum atomic E-state index is 12.7. The van der Waals surface area contributed by atoms with Crippen molar-refractivity contribution < 1.29 is 4.79 Å². The molecule has 1 atom stereocenters. The van der Waals surface area contributed by atoms with Crippen LogP contribution in [0.3, 0.4) is 0 Å². The van der Waals surface area contributed by atoms with Gasteiger partial charge in [-0.3, -0.25) is 9.69 Å². The monoisotopic (exact) mass is 393 g/mol. The number of fused-ring (bicyclic) bond motifs is 1. The zero-order valence-electron chi connectivity index (χ0n) is 14.7. The van der Waals surface area contributed by atoms with Crippen LogP contribution < -0.4 is 5.32 Å². The molecule has 6 heteroatoms. The van der Waals surface area contributed by atoms with Crippen molar-refractivity contribution >= 4 is 34.3 Å². The van der Waals surface area contributed by atoms with Gasteiger partial charge in [-0.15, -0.1) is 22.7 Å². The highest BCUT2D eigenvalue weighted by molar-refractivity contribution is 7.10. The second-order valence-corrected chi connectivity index (χ2v) is 8.50. The Labute approximate surface area is 166 Å². The van der Waals surface area contributed by atoms with Gasteiger partial charge in [0, 0.05) is 22.0 Å². The Morgan fingerprint density at radius 3 is 2.78 bits per heavy atom. The van der Waals surface area contributed by atoms with Gasteiger partial charge in [-0.2, -0.15) is 5.26 Å². The molecule has 136 valence electrons. The van der Waals surface area contributed by atoms with E-state index in [1.54, 1.807) is 11.3 Å². The first-order chi connectivity index (χ1) is 13.2. The van der Waals surface area contributed by atoms with E-state index in [0.717, 1.165) is 24.2 Å². The van der Waals surface area contributed by atoms with Crippen LogP contribution in [0.4, 0.5) is 5.69 Å². The van der Waals surface area contributed by atoms with Gasteiger partial charge in [0.25, 0.3) is 0 Å². The molecule has 4 rings (SSSR count). The van der Waals surface area contributed by atoms with Crippen LogP contribution in [0, 0.1) is 11.3 Å². The SMILES string of the molecule is N#CCc1ccc(NC(=O)CN2CCc3sccc3[C@H]2c2cccs2)cc1. The third-order valence-corrected chi connectivity index (χ3v) is 6.67. The average Bonchev–Trinajstić information content (AvgIpc) is 3.35. The fourth-order valence-corrected chi connectivity index (χ4v) is 5.28. The predicted molar refractivity (Wildman–Crippen MR) is 110 cm³/mol. The lowest BCUT2D eigenvalue weighted by Crippen LogP contribution is -2.40. The summed E-state index contributed by atoms with van der Waals surface area (Å²) in [6.45, 7) is 1.24. The summed E-state index contributed by atoms with van der Waals surface area (Å²) in [6, 6.07) is 16.2. The van der Waals surface area contributed by atoms with Gasteiger partial charge in [-0.1, -0.05) is 18.2 Å². The number of benzene rings is 1. The van der Waals surface area contributed by atoms with Crippen LogP contribution in [0.2, 0.25) is 0 Å². The van der Waals surface area contributed by atoms with Crippen molar-refractivity contribution in [2.75, 3.05) is 18.4 Å². The molecule has 4 nitrogen and oxygen atoms in total. The maximum Gasteiger partial charge on any atom is 0.238 e. The van der Waals surface area contributed by atoms with Gasteiger partial charge in [0.15, 0.2) is 0 Å². The van der Waals surface area contributed by atoms with Gasteiger partial charge < -0.3 is 5.32 Å². The Morgan fingerprint density at radius 1 is 1.19 bits per heavy atom. The summed E-state index contributed by atoms with van der Waals surface area (Å²) in [4.78, 5) is 17.6. The van der Waals surface area contributed by atoms with Crippen molar-refractivity contribution in [3.8, 4) is 6.07 Å². The fraction of sp³-hybridized carbons (Fsp3) is 0.238. The molecule has 0 saturated heterocycles. The van der Waals surface area contributed by atoms with Crippen molar-refractivity contribution in [3.63, 3.8) is 0 Å². The summed E-state index contributed by atoms with van der Waals surface area (Å²) in [5.74, 6) is -0.0109. The molecule has 2 aromatic heterocycles. The Hall–Kier alpha value is -2.46. The Morgan fingerprint density at radius 2 is 2.04 bits per heavy atom. The quantitative estimate of drug-likeness (QED) is 0.696. The van der Waals surface area contributed by atoms with E-state index >= 15 is 0 Å².